The van der Waals surface area contributed by atoms with Crippen molar-refractivity contribution >= 4 is 11.9 Å². The minimum atomic E-state index is -0.519. The molecule has 0 rings (SSSR count). The van der Waals surface area contributed by atoms with Crippen LogP contribution in [0.5, 0.6) is 0 Å². The third-order valence-electron chi connectivity index (χ3n) is 1.10. The first-order valence-electron chi connectivity index (χ1n) is 3.29. The van der Waals surface area contributed by atoms with Gasteiger partial charge in [0.05, 0.1) is 7.11 Å². The molecule has 0 heterocycles. The molecule has 0 aliphatic carbocycles. The normalized spacial score (nSPS) is 10.3. The van der Waals surface area contributed by atoms with Crippen LogP contribution in [-0.4, -0.2) is 19.0 Å². The van der Waals surface area contributed by atoms with Crippen LogP contribution in [-0.2, 0) is 14.3 Å². The van der Waals surface area contributed by atoms with Gasteiger partial charge in [0.15, 0.2) is 0 Å². The van der Waals surface area contributed by atoms with Crippen LogP contribution in [0, 0.1) is 0 Å². The smallest absolute Gasteiger partial charge is 0.333 e. The summed E-state index contributed by atoms with van der Waals surface area (Å²) < 4.78 is 4.38. The van der Waals surface area contributed by atoms with Crippen molar-refractivity contribution in [1.82, 2.24) is 5.32 Å². The number of ether oxygens (including phenoxy) is 1. The van der Waals surface area contributed by atoms with Crippen LogP contribution in [0.1, 0.15) is 6.92 Å². The first-order chi connectivity index (χ1) is 5.61. The molecule has 0 aliphatic rings. The van der Waals surface area contributed by atoms with Crippen molar-refractivity contribution in [2.24, 2.45) is 0 Å². The molecule has 0 unspecified atom stereocenters. The summed E-state index contributed by atoms with van der Waals surface area (Å²) in [6, 6.07) is 0. The van der Waals surface area contributed by atoms with Crippen LogP contribution in [0.25, 0.3) is 0 Å². The van der Waals surface area contributed by atoms with E-state index in [-0.39, 0.29) is 5.57 Å². The molecular formula is C8H11NO3. The molecule has 4 nitrogen and oxygen atoms in total. The van der Waals surface area contributed by atoms with Gasteiger partial charge in [-0.25, -0.2) is 4.79 Å². The highest BCUT2D eigenvalue weighted by Crippen LogP contribution is 1.94. The van der Waals surface area contributed by atoms with Crippen molar-refractivity contribution in [3.05, 3.63) is 24.4 Å². The van der Waals surface area contributed by atoms with Crippen LogP contribution in [0.15, 0.2) is 24.4 Å². The number of nitrogens with one attached hydrogen (secondary N) is 1. The van der Waals surface area contributed by atoms with Crippen molar-refractivity contribution in [3.63, 3.8) is 0 Å². The van der Waals surface area contributed by atoms with Gasteiger partial charge >= 0.3 is 5.97 Å². The van der Waals surface area contributed by atoms with E-state index >= 15 is 0 Å². The zero-order chi connectivity index (χ0) is 9.56. The summed E-state index contributed by atoms with van der Waals surface area (Å²) in [7, 11) is 1.26. The number of carbonyl (C=O) groups excluding carboxylic acids is 2. The maximum Gasteiger partial charge on any atom is 0.333 e. The van der Waals surface area contributed by atoms with Crippen LogP contribution < -0.4 is 5.32 Å². The van der Waals surface area contributed by atoms with Gasteiger partial charge < -0.3 is 10.1 Å². The van der Waals surface area contributed by atoms with E-state index in [9.17, 15) is 9.59 Å². The lowest BCUT2D eigenvalue weighted by Crippen LogP contribution is -2.15. The first-order valence-corrected chi connectivity index (χ1v) is 3.29. The summed E-state index contributed by atoms with van der Waals surface area (Å²) in [5.74, 6) is -0.915. The standard InChI is InChI=1S/C8H11NO3/c1-4-9-7(10)5-6(2)8(11)12-3/h4-5H,1H2,2-3H3,(H,9,10). The van der Waals surface area contributed by atoms with Crippen molar-refractivity contribution in [2.45, 2.75) is 6.92 Å². The number of carbonyl (C=O) groups is 2. The summed E-state index contributed by atoms with van der Waals surface area (Å²) in [4.78, 5) is 21.6. The third-order valence-corrected chi connectivity index (χ3v) is 1.10. The molecule has 0 aromatic carbocycles. The maximum absolute atomic E-state index is 10.8. The molecule has 0 aromatic heterocycles. The Labute approximate surface area is 70.9 Å². The van der Waals surface area contributed by atoms with Crippen LogP contribution >= 0.6 is 0 Å². The Morgan fingerprint density at radius 1 is 1.50 bits per heavy atom. The van der Waals surface area contributed by atoms with Gasteiger partial charge in [-0.15, -0.1) is 0 Å². The van der Waals surface area contributed by atoms with Crippen LogP contribution in [0.4, 0.5) is 0 Å². The molecule has 12 heavy (non-hydrogen) atoms. The van der Waals surface area contributed by atoms with E-state index in [1.54, 1.807) is 0 Å². The van der Waals surface area contributed by atoms with Crippen molar-refractivity contribution in [1.29, 1.82) is 0 Å². The van der Waals surface area contributed by atoms with E-state index in [2.05, 4.69) is 16.6 Å². The number of hydrogen-bond donors (Lipinski definition) is 1. The van der Waals surface area contributed by atoms with E-state index in [1.807, 2.05) is 0 Å². The SMILES string of the molecule is C=CNC(=O)C=C(C)C(=O)OC. The maximum atomic E-state index is 10.8. The quantitative estimate of drug-likeness (QED) is 0.490. The molecule has 66 valence electrons. The Balaban J connectivity index is 4.24. The highest BCUT2D eigenvalue weighted by Gasteiger charge is 2.04. The number of methoxy groups -OCH3 is 1. The van der Waals surface area contributed by atoms with E-state index < -0.39 is 11.9 Å². The third kappa shape index (κ3) is 3.55. The molecule has 0 spiro atoms. The monoisotopic (exact) mass is 169 g/mol. The average molecular weight is 169 g/mol. The van der Waals surface area contributed by atoms with Crippen molar-refractivity contribution in [3.8, 4) is 0 Å². The van der Waals surface area contributed by atoms with Gasteiger partial charge in [-0.2, -0.15) is 0 Å². The van der Waals surface area contributed by atoms with Gasteiger partial charge in [0, 0.05) is 11.6 Å². The van der Waals surface area contributed by atoms with Gasteiger partial charge in [0.1, 0.15) is 0 Å². The minimum absolute atomic E-state index is 0.247. The molecule has 0 radical (unpaired) electrons. The largest absolute Gasteiger partial charge is 0.466 e. The Morgan fingerprint density at radius 3 is 2.50 bits per heavy atom. The van der Waals surface area contributed by atoms with E-state index in [0.29, 0.717) is 0 Å². The zero-order valence-corrected chi connectivity index (χ0v) is 7.09. The fraction of sp³-hybridized carbons (Fsp3) is 0.250. The predicted molar refractivity (Wildman–Crippen MR) is 44.1 cm³/mol. The number of hydrogen-bond acceptors (Lipinski definition) is 3. The van der Waals surface area contributed by atoms with Gasteiger partial charge in [0.25, 0.3) is 0 Å². The molecular weight excluding hydrogens is 158 g/mol. The van der Waals surface area contributed by atoms with E-state index in [4.69, 9.17) is 0 Å². The lowest BCUT2D eigenvalue weighted by atomic mass is 10.3. The lowest BCUT2D eigenvalue weighted by molar-refractivity contribution is -0.136. The Kier molecular flexibility index (Phi) is 4.45. The molecule has 4 heteroatoms. The second-order valence-corrected chi connectivity index (χ2v) is 2.03. The van der Waals surface area contributed by atoms with Gasteiger partial charge in [-0.05, 0) is 13.1 Å². The molecule has 0 atom stereocenters. The summed E-state index contributed by atoms with van der Waals surface area (Å²) in [5.41, 5.74) is 0.247. The number of esters is 1. The van der Waals surface area contributed by atoms with Crippen molar-refractivity contribution in [2.75, 3.05) is 7.11 Å². The van der Waals surface area contributed by atoms with Gasteiger partial charge in [-0.3, -0.25) is 4.79 Å². The zero-order valence-electron chi connectivity index (χ0n) is 7.09. The molecule has 0 saturated heterocycles. The summed E-state index contributed by atoms with van der Waals surface area (Å²) in [5, 5.41) is 2.30. The summed E-state index contributed by atoms with van der Waals surface area (Å²) in [6.45, 7) is 4.79. The van der Waals surface area contributed by atoms with Crippen molar-refractivity contribution < 1.29 is 14.3 Å². The van der Waals surface area contributed by atoms with E-state index in [1.165, 1.54) is 20.2 Å². The van der Waals surface area contributed by atoms with Crippen LogP contribution in [0.2, 0.25) is 0 Å². The molecule has 0 fully saturated rings. The van der Waals surface area contributed by atoms with Crippen LogP contribution in [0.3, 0.4) is 0 Å². The summed E-state index contributed by atoms with van der Waals surface area (Å²) >= 11 is 0. The Bertz CT molecular complexity index is 230. The van der Waals surface area contributed by atoms with E-state index in [0.717, 1.165) is 6.08 Å². The highest BCUT2D eigenvalue weighted by molar-refractivity contribution is 5.98. The topological polar surface area (TPSA) is 55.4 Å². The number of amides is 1. The average Bonchev–Trinajstić information content (AvgIpc) is 2.03. The molecule has 1 amide bonds. The van der Waals surface area contributed by atoms with Gasteiger partial charge in [-0.1, -0.05) is 6.58 Å². The molecule has 0 aliphatic heterocycles. The second kappa shape index (κ2) is 5.12. The lowest BCUT2D eigenvalue weighted by Gasteiger charge is -1.97. The first kappa shape index (κ1) is 10.4. The molecule has 0 aromatic rings. The fourth-order valence-corrected chi connectivity index (χ4v) is 0.559. The minimum Gasteiger partial charge on any atom is -0.466 e. The molecule has 0 saturated carbocycles. The fourth-order valence-electron chi connectivity index (χ4n) is 0.559. The highest BCUT2D eigenvalue weighted by atomic mass is 16.5. The Hall–Kier alpha value is -1.58. The predicted octanol–water partition coefficient (Wildman–Crippen LogP) is 0.365. The second-order valence-electron chi connectivity index (χ2n) is 2.03. The summed E-state index contributed by atoms with van der Waals surface area (Å²) in [6.07, 6.45) is 2.39. The van der Waals surface area contributed by atoms with Gasteiger partial charge in [0.2, 0.25) is 5.91 Å². The molecule has 0 bridgehead atoms. The Morgan fingerprint density at radius 2 is 2.08 bits per heavy atom. The number of rotatable bonds is 3. The molecule has 1 N–H and O–H groups in total.